The van der Waals surface area contributed by atoms with Gasteiger partial charge in [0.1, 0.15) is 5.82 Å². The first-order valence-electron chi connectivity index (χ1n) is 8.80. The predicted molar refractivity (Wildman–Crippen MR) is 107 cm³/mol. The van der Waals surface area contributed by atoms with Crippen molar-refractivity contribution in [3.63, 3.8) is 0 Å². The molecular weight excluding hydrogens is 431 g/mol. The summed E-state index contributed by atoms with van der Waals surface area (Å²) in [6.45, 7) is 1.21. The molecule has 0 amide bonds. The van der Waals surface area contributed by atoms with Gasteiger partial charge < -0.3 is 5.11 Å². The molecule has 10 heteroatoms. The second kappa shape index (κ2) is 8.60. The van der Waals surface area contributed by atoms with E-state index in [1.54, 1.807) is 12.1 Å². The van der Waals surface area contributed by atoms with Crippen LogP contribution in [0.3, 0.4) is 0 Å². The van der Waals surface area contributed by atoms with Crippen molar-refractivity contribution in [2.75, 3.05) is 6.54 Å². The number of nitrogens with one attached hydrogen (secondary N) is 1. The summed E-state index contributed by atoms with van der Waals surface area (Å²) in [5, 5.41) is 10.2. The molecule has 0 saturated heterocycles. The highest BCUT2D eigenvalue weighted by molar-refractivity contribution is 7.91. The van der Waals surface area contributed by atoms with E-state index in [1.165, 1.54) is 31.5 Å². The lowest BCUT2D eigenvalue weighted by molar-refractivity contribution is 0.181. The van der Waals surface area contributed by atoms with Crippen LogP contribution in [0, 0.1) is 12.7 Å². The number of aliphatic hydroxyl groups is 1. The van der Waals surface area contributed by atoms with Crippen LogP contribution in [-0.2, 0) is 19.9 Å². The maximum atomic E-state index is 13.1. The fraction of sp³-hybridized carbons (Fsp3) is 0.150. The lowest BCUT2D eigenvalue weighted by Gasteiger charge is -2.14. The van der Waals surface area contributed by atoms with Crippen molar-refractivity contribution < 1.29 is 26.3 Å². The molecule has 2 aromatic carbocycles. The van der Waals surface area contributed by atoms with Gasteiger partial charge in [-0.25, -0.2) is 25.9 Å². The van der Waals surface area contributed by atoms with Crippen molar-refractivity contribution in [1.82, 2.24) is 9.71 Å². The van der Waals surface area contributed by atoms with Gasteiger partial charge in [-0.3, -0.25) is 4.98 Å². The maximum absolute atomic E-state index is 13.1. The standard InChI is InChI=1S/C20H19FN2O5S2/c1-14-4-7-18(29(25,26)17-8-5-16(21)6-9-17)11-20(14)30(27,28)23-13-19(24)15-3-2-10-22-12-15/h2-12,19,23-24H,13H2,1H3. The van der Waals surface area contributed by atoms with Crippen LogP contribution in [-0.4, -0.2) is 33.5 Å². The number of aromatic nitrogens is 1. The number of aryl methyl sites for hydroxylation is 1. The molecule has 0 saturated carbocycles. The fourth-order valence-electron chi connectivity index (χ4n) is 2.74. The Morgan fingerprint density at radius 1 is 1.03 bits per heavy atom. The van der Waals surface area contributed by atoms with E-state index < -0.39 is 31.8 Å². The number of pyridine rings is 1. The van der Waals surface area contributed by atoms with Crippen molar-refractivity contribution in [3.05, 3.63) is 83.9 Å². The summed E-state index contributed by atoms with van der Waals surface area (Å²) in [4.78, 5) is 3.24. The smallest absolute Gasteiger partial charge is 0.240 e. The third kappa shape index (κ3) is 4.73. The van der Waals surface area contributed by atoms with Gasteiger partial charge in [0.05, 0.1) is 20.8 Å². The number of nitrogens with zero attached hydrogens (tertiary/aromatic N) is 1. The summed E-state index contributed by atoms with van der Waals surface area (Å²) in [5.74, 6) is -0.586. The van der Waals surface area contributed by atoms with Crippen molar-refractivity contribution in [2.24, 2.45) is 0 Å². The molecule has 3 rings (SSSR count). The Kier molecular flexibility index (Phi) is 6.32. The van der Waals surface area contributed by atoms with Crippen LogP contribution in [0.1, 0.15) is 17.2 Å². The minimum absolute atomic E-state index is 0.156. The lowest BCUT2D eigenvalue weighted by Crippen LogP contribution is -2.29. The van der Waals surface area contributed by atoms with Gasteiger partial charge in [-0.15, -0.1) is 0 Å². The molecule has 0 aliphatic carbocycles. The van der Waals surface area contributed by atoms with Crippen molar-refractivity contribution >= 4 is 19.9 Å². The van der Waals surface area contributed by atoms with Gasteiger partial charge in [0.2, 0.25) is 19.9 Å². The van der Waals surface area contributed by atoms with Gasteiger partial charge >= 0.3 is 0 Å². The molecule has 7 nitrogen and oxygen atoms in total. The Hall–Kier alpha value is -2.66. The van der Waals surface area contributed by atoms with Crippen LogP contribution in [0.15, 0.2) is 81.7 Å². The van der Waals surface area contributed by atoms with Crippen LogP contribution >= 0.6 is 0 Å². The summed E-state index contributed by atoms with van der Waals surface area (Å²) < 4.78 is 66.5. The molecule has 0 aliphatic heterocycles. The summed E-state index contributed by atoms with van der Waals surface area (Å²) in [6.07, 6.45) is 1.82. The number of sulfone groups is 1. The molecule has 0 spiro atoms. The predicted octanol–water partition coefficient (Wildman–Crippen LogP) is 2.37. The van der Waals surface area contributed by atoms with Gasteiger partial charge in [0.25, 0.3) is 0 Å². The summed E-state index contributed by atoms with van der Waals surface area (Å²) in [5.41, 5.74) is 0.765. The van der Waals surface area contributed by atoms with Crippen molar-refractivity contribution in [2.45, 2.75) is 27.7 Å². The first kappa shape index (κ1) is 22.0. The molecule has 0 radical (unpaired) electrons. The lowest BCUT2D eigenvalue weighted by atomic mass is 10.2. The quantitative estimate of drug-likeness (QED) is 0.535. The minimum Gasteiger partial charge on any atom is -0.387 e. The molecule has 0 fully saturated rings. The molecule has 158 valence electrons. The van der Waals surface area contributed by atoms with E-state index in [4.69, 9.17) is 0 Å². The molecule has 1 atom stereocenters. The first-order chi connectivity index (χ1) is 14.1. The number of aliphatic hydroxyl groups excluding tert-OH is 1. The zero-order valence-corrected chi connectivity index (χ0v) is 17.5. The largest absolute Gasteiger partial charge is 0.387 e. The van der Waals surface area contributed by atoms with E-state index in [-0.39, 0.29) is 21.2 Å². The number of hydrogen-bond donors (Lipinski definition) is 2. The zero-order chi connectivity index (χ0) is 21.9. The van der Waals surface area contributed by atoms with E-state index in [2.05, 4.69) is 9.71 Å². The normalized spacial score (nSPS) is 13.2. The summed E-state index contributed by atoms with van der Waals surface area (Å²) in [6, 6.07) is 11.2. The van der Waals surface area contributed by atoms with Crippen LogP contribution in [0.2, 0.25) is 0 Å². The molecular formula is C20H19FN2O5S2. The Labute approximate surface area is 174 Å². The molecule has 2 N–H and O–H groups in total. The van der Waals surface area contributed by atoms with Gasteiger partial charge in [-0.2, -0.15) is 0 Å². The molecule has 0 aliphatic rings. The highest BCUT2D eigenvalue weighted by Gasteiger charge is 2.24. The van der Waals surface area contributed by atoms with Crippen LogP contribution < -0.4 is 4.72 Å². The van der Waals surface area contributed by atoms with Gasteiger partial charge in [-0.1, -0.05) is 12.1 Å². The highest BCUT2D eigenvalue weighted by atomic mass is 32.2. The SMILES string of the molecule is Cc1ccc(S(=O)(=O)c2ccc(F)cc2)cc1S(=O)(=O)NCC(O)c1cccnc1. The summed E-state index contributed by atoms with van der Waals surface area (Å²) >= 11 is 0. The number of halogens is 1. The molecule has 1 heterocycles. The van der Waals surface area contributed by atoms with Crippen LogP contribution in [0.25, 0.3) is 0 Å². The monoisotopic (exact) mass is 450 g/mol. The van der Waals surface area contributed by atoms with E-state index in [0.717, 1.165) is 30.3 Å². The van der Waals surface area contributed by atoms with E-state index in [9.17, 15) is 26.3 Å². The number of benzene rings is 2. The third-order valence-electron chi connectivity index (χ3n) is 4.42. The van der Waals surface area contributed by atoms with E-state index in [1.807, 2.05) is 0 Å². The highest BCUT2D eigenvalue weighted by Crippen LogP contribution is 2.26. The Morgan fingerprint density at radius 2 is 1.70 bits per heavy atom. The first-order valence-corrected chi connectivity index (χ1v) is 11.8. The number of hydrogen-bond acceptors (Lipinski definition) is 6. The third-order valence-corrected chi connectivity index (χ3v) is 7.75. The van der Waals surface area contributed by atoms with E-state index in [0.29, 0.717) is 11.1 Å². The maximum Gasteiger partial charge on any atom is 0.240 e. The van der Waals surface area contributed by atoms with Gasteiger partial charge in [0, 0.05) is 24.5 Å². The van der Waals surface area contributed by atoms with Gasteiger partial charge in [0.15, 0.2) is 0 Å². The molecule has 3 aromatic rings. The van der Waals surface area contributed by atoms with Crippen LogP contribution in [0.5, 0.6) is 0 Å². The Balaban J connectivity index is 1.89. The second-order valence-corrected chi connectivity index (χ2v) is 10.2. The average Bonchev–Trinajstić information content (AvgIpc) is 2.73. The minimum atomic E-state index is -4.12. The topological polar surface area (TPSA) is 113 Å². The number of rotatable bonds is 7. The van der Waals surface area contributed by atoms with Crippen LogP contribution in [0.4, 0.5) is 4.39 Å². The fourth-order valence-corrected chi connectivity index (χ4v) is 5.41. The van der Waals surface area contributed by atoms with Crippen molar-refractivity contribution in [1.29, 1.82) is 0 Å². The molecule has 1 aromatic heterocycles. The molecule has 30 heavy (non-hydrogen) atoms. The number of sulfonamides is 1. The Morgan fingerprint density at radius 3 is 2.33 bits per heavy atom. The second-order valence-electron chi connectivity index (χ2n) is 6.54. The molecule has 1 unspecified atom stereocenters. The van der Waals surface area contributed by atoms with Crippen molar-refractivity contribution in [3.8, 4) is 0 Å². The Bertz CT molecular complexity index is 1250. The summed E-state index contributed by atoms with van der Waals surface area (Å²) in [7, 11) is -8.17. The molecule has 0 bridgehead atoms. The van der Waals surface area contributed by atoms with E-state index >= 15 is 0 Å². The van der Waals surface area contributed by atoms with Gasteiger partial charge in [-0.05, 0) is 55.0 Å². The zero-order valence-electron chi connectivity index (χ0n) is 15.9. The average molecular weight is 451 g/mol.